The molecule has 32 heavy (non-hydrogen) atoms. The van der Waals surface area contributed by atoms with Gasteiger partial charge in [-0.2, -0.15) is 4.31 Å². The van der Waals surface area contributed by atoms with Crippen molar-refractivity contribution in [3.8, 4) is 5.69 Å². The molecule has 1 aliphatic heterocycles. The summed E-state index contributed by atoms with van der Waals surface area (Å²) in [5.41, 5.74) is 2.94. The van der Waals surface area contributed by atoms with Gasteiger partial charge in [0.2, 0.25) is 10.0 Å². The smallest absolute Gasteiger partial charge is 0.251 e. The first-order chi connectivity index (χ1) is 15.4. The van der Waals surface area contributed by atoms with Crippen molar-refractivity contribution in [3.05, 3.63) is 77.9 Å². The molecule has 1 amide bonds. The third kappa shape index (κ3) is 4.92. The maximum Gasteiger partial charge on any atom is 0.251 e. The van der Waals surface area contributed by atoms with E-state index >= 15 is 0 Å². The first kappa shape index (κ1) is 22.2. The predicted octanol–water partition coefficient (Wildman–Crippen LogP) is 3.68. The molecular weight excluding hydrogens is 424 g/mol. The van der Waals surface area contributed by atoms with Crippen LogP contribution in [0.25, 0.3) is 5.69 Å². The fourth-order valence-electron chi connectivity index (χ4n) is 3.92. The van der Waals surface area contributed by atoms with Crippen molar-refractivity contribution >= 4 is 15.9 Å². The van der Waals surface area contributed by atoms with E-state index in [1.165, 1.54) is 6.07 Å². The average Bonchev–Trinajstić information content (AvgIpc) is 3.19. The van der Waals surface area contributed by atoms with Gasteiger partial charge in [0.05, 0.1) is 11.2 Å². The highest BCUT2D eigenvalue weighted by Gasteiger charge is 2.27. The number of carbonyl (C=O) groups excluding carboxylic acids is 1. The SMILES string of the molecule is Cc1ccc(C(=O)NCc2ccc(-n3ccnc3)cc2)cc1S(=O)(=O)N1CCCCCC1. The zero-order chi connectivity index (χ0) is 22.6. The minimum atomic E-state index is -3.62. The first-order valence-electron chi connectivity index (χ1n) is 10.9. The van der Waals surface area contributed by atoms with Gasteiger partial charge < -0.3 is 9.88 Å². The minimum Gasteiger partial charge on any atom is -0.348 e. The van der Waals surface area contributed by atoms with Crippen LogP contribution in [0.3, 0.4) is 0 Å². The number of sulfonamides is 1. The molecule has 0 unspecified atom stereocenters. The normalized spacial score (nSPS) is 15.3. The summed E-state index contributed by atoms with van der Waals surface area (Å²) in [4.78, 5) is 17.0. The van der Waals surface area contributed by atoms with E-state index < -0.39 is 10.0 Å². The van der Waals surface area contributed by atoms with Gasteiger partial charge in [0.25, 0.3) is 5.91 Å². The number of rotatable bonds is 6. The highest BCUT2D eigenvalue weighted by Crippen LogP contribution is 2.24. The van der Waals surface area contributed by atoms with Gasteiger partial charge in [-0.1, -0.05) is 31.0 Å². The first-order valence-corrected chi connectivity index (χ1v) is 12.4. The molecule has 8 heteroatoms. The molecule has 168 valence electrons. The van der Waals surface area contributed by atoms with E-state index in [9.17, 15) is 13.2 Å². The summed E-state index contributed by atoms with van der Waals surface area (Å²) in [6, 6.07) is 12.7. The number of nitrogens with zero attached hydrogens (tertiary/aromatic N) is 3. The summed E-state index contributed by atoms with van der Waals surface area (Å²) in [5, 5.41) is 2.89. The van der Waals surface area contributed by atoms with Gasteiger partial charge in [-0.15, -0.1) is 0 Å². The number of aryl methyl sites for hydroxylation is 1. The topological polar surface area (TPSA) is 84.3 Å². The van der Waals surface area contributed by atoms with Gasteiger partial charge >= 0.3 is 0 Å². The fourth-order valence-corrected chi connectivity index (χ4v) is 5.69. The molecule has 1 N–H and O–H groups in total. The zero-order valence-electron chi connectivity index (χ0n) is 18.2. The molecule has 2 heterocycles. The molecule has 1 saturated heterocycles. The monoisotopic (exact) mass is 452 g/mol. The Morgan fingerprint density at radius 2 is 1.75 bits per heavy atom. The molecule has 0 radical (unpaired) electrons. The van der Waals surface area contributed by atoms with Crippen LogP contribution in [-0.4, -0.2) is 41.3 Å². The minimum absolute atomic E-state index is 0.219. The van der Waals surface area contributed by atoms with Crippen molar-refractivity contribution in [1.29, 1.82) is 0 Å². The predicted molar refractivity (Wildman–Crippen MR) is 123 cm³/mol. The van der Waals surface area contributed by atoms with E-state index in [-0.39, 0.29) is 10.8 Å². The molecule has 2 aromatic carbocycles. The van der Waals surface area contributed by atoms with Gasteiger partial charge in [-0.3, -0.25) is 4.79 Å². The molecular formula is C24H28N4O3S. The zero-order valence-corrected chi connectivity index (χ0v) is 19.0. The van der Waals surface area contributed by atoms with Crippen LogP contribution in [0.1, 0.15) is 47.2 Å². The third-order valence-corrected chi connectivity index (χ3v) is 7.87. The molecule has 7 nitrogen and oxygen atoms in total. The Morgan fingerprint density at radius 1 is 1.03 bits per heavy atom. The lowest BCUT2D eigenvalue weighted by Gasteiger charge is -2.21. The molecule has 0 atom stereocenters. The lowest BCUT2D eigenvalue weighted by atomic mass is 10.1. The Hall–Kier alpha value is -2.97. The van der Waals surface area contributed by atoms with Crippen molar-refractivity contribution < 1.29 is 13.2 Å². The fraction of sp³-hybridized carbons (Fsp3) is 0.333. The quantitative estimate of drug-likeness (QED) is 0.618. The molecule has 0 spiro atoms. The molecule has 1 aliphatic rings. The second-order valence-electron chi connectivity index (χ2n) is 8.12. The van der Waals surface area contributed by atoms with Crippen molar-refractivity contribution in [2.45, 2.75) is 44.0 Å². The van der Waals surface area contributed by atoms with Crippen LogP contribution in [0.4, 0.5) is 0 Å². The summed E-state index contributed by atoms with van der Waals surface area (Å²) in [6.45, 7) is 3.19. The van der Waals surface area contributed by atoms with Gasteiger partial charge in [-0.05, 0) is 55.2 Å². The van der Waals surface area contributed by atoms with E-state index in [0.29, 0.717) is 30.8 Å². The molecule has 3 aromatic rings. The van der Waals surface area contributed by atoms with Crippen LogP contribution in [0.5, 0.6) is 0 Å². The van der Waals surface area contributed by atoms with E-state index in [1.54, 1.807) is 35.9 Å². The summed E-state index contributed by atoms with van der Waals surface area (Å²) in [7, 11) is -3.62. The second kappa shape index (κ2) is 9.67. The lowest BCUT2D eigenvalue weighted by molar-refractivity contribution is 0.0950. The summed E-state index contributed by atoms with van der Waals surface area (Å²) < 4.78 is 29.9. The Labute approximate surface area is 189 Å². The van der Waals surface area contributed by atoms with Crippen LogP contribution in [0.2, 0.25) is 0 Å². The van der Waals surface area contributed by atoms with E-state index in [2.05, 4.69) is 10.3 Å². The molecule has 1 fully saturated rings. The molecule has 0 bridgehead atoms. The van der Waals surface area contributed by atoms with Gasteiger partial charge in [0.1, 0.15) is 0 Å². The Morgan fingerprint density at radius 3 is 2.41 bits per heavy atom. The number of imidazole rings is 1. The van der Waals surface area contributed by atoms with Crippen LogP contribution in [0.15, 0.2) is 66.1 Å². The second-order valence-corrected chi connectivity index (χ2v) is 10.0. The van der Waals surface area contributed by atoms with Crippen LogP contribution in [0, 0.1) is 6.92 Å². The number of nitrogens with one attached hydrogen (secondary N) is 1. The maximum atomic E-state index is 13.2. The Bertz CT molecular complexity index is 1160. The Kier molecular flexibility index (Phi) is 6.72. The summed E-state index contributed by atoms with van der Waals surface area (Å²) >= 11 is 0. The van der Waals surface area contributed by atoms with Crippen molar-refractivity contribution in [1.82, 2.24) is 19.2 Å². The summed E-state index contributed by atoms with van der Waals surface area (Å²) in [5.74, 6) is -0.295. The molecule has 0 saturated carbocycles. The highest BCUT2D eigenvalue weighted by atomic mass is 32.2. The third-order valence-electron chi connectivity index (χ3n) is 5.83. The van der Waals surface area contributed by atoms with E-state index in [4.69, 9.17) is 0 Å². The maximum absolute atomic E-state index is 13.2. The molecule has 4 rings (SSSR count). The van der Waals surface area contributed by atoms with Gasteiger partial charge in [0, 0.05) is 43.3 Å². The van der Waals surface area contributed by atoms with E-state index in [0.717, 1.165) is 36.9 Å². The van der Waals surface area contributed by atoms with Crippen molar-refractivity contribution in [2.24, 2.45) is 0 Å². The standard InChI is InChI=1S/C24H28N4O3S/c1-19-6-9-21(16-23(19)32(30,31)28-13-4-2-3-5-14-28)24(29)26-17-20-7-10-22(11-8-20)27-15-12-25-18-27/h6-12,15-16,18H,2-5,13-14,17H2,1H3,(H,26,29). The van der Waals surface area contributed by atoms with Gasteiger partial charge in [-0.25, -0.2) is 13.4 Å². The Balaban J connectivity index is 1.46. The van der Waals surface area contributed by atoms with Gasteiger partial charge in [0.15, 0.2) is 0 Å². The van der Waals surface area contributed by atoms with Crippen LogP contribution in [-0.2, 0) is 16.6 Å². The number of hydrogen-bond acceptors (Lipinski definition) is 4. The number of aromatic nitrogens is 2. The van der Waals surface area contributed by atoms with Crippen molar-refractivity contribution in [2.75, 3.05) is 13.1 Å². The lowest BCUT2D eigenvalue weighted by Crippen LogP contribution is -2.32. The number of carbonyl (C=O) groups is 1. The molecule has 1 aromatic heterocycles. The van der Waals surface area contributed by atoms with E-state index in [1.807, 2.05) is 35.0 Å². The van der Waals surface area contributed by atoms with Crippen molar-refractivity contribution in [3.63, 3.8) is 0 Å². The average molecular weight is 453 g/mol. The summed E-state index contributed by atoms with van der Waals surface area (Å²) in [6.07, 6.45) is 9.16. The number of hydrogen-bond donors (Lipinski definition) is 1. The number of amides is 1. The molecule has 0 aliphatic carbocycles. The number of benzene rings is 2. The highest BCUT2D eigenvalue weighted by molar-refractivity contribution is 7.89. The van der Waals surface area contributed by atoms with Crippen LogP contribution < -0.4 is 5.32 Å². The van der Waals surface area contributed by atoms with Crippen LogP contribution >= 0.6 is 0 Å². The largest absolute Gasteiger partial charge is 0.348 e.